The van der Waals surface area contributed by atoms with E-state index in [1.807, 2.05) is 13.0 Å². The van der Waals surface area contributed by atoms with E-state index in [1.54, 1.807) is 0 Å². The van der Waals surface area contributed by atoms with Crippen molar-refractivity contribution >= 4 is 21.9 Å². The lowest BCUT2D eigenvalue weighted by Gasteiger charge is -2.04. The number of hydrogen-bond donors (Lipinski definition) is 2. The molecule has 0 aliphatic heterocycles. The average Bonchev–Trinajstić information content (AvgIpc) is 2.14. The van der Waals surface area contributed by atoms with E-state index in [2.05, 4.69) is 15.9 Å². The fourth-order valence-electron chi connectivity index (χ4n) is 1.01. The van der Waals surface area contributed by atoms with Crippen LogP contribution in [0.2, 0.25) is 0 Å². The number of rotatable bonds is 7. The summed E-state index contributed by atoms with van der Waals surface area (Å²) in [6, 6.07) is 0. The number of hydrogen-bond acceptors (Lipinski definition) is 2. The number of carboxylic acid groups (broad SMARTS) is 1. The van der Waals surface area contributed by atoms with E-state index >= 15 is 0 Å². The Morgan fingerprint density at radius 3 is 2.64 bits per heavy atom. The summed E-state index contributed by atoms with van der Waals surface area (Å²) in [7, 11) is 0. The summed E-state index contributed by atoms with van der Waals surface area (Å²) in [5, 5.41) is 18.3. The van der Waals surface area contributed by atoms with Gasteiger partial charge in [-0.25, -0.2) is 0 Å². The third-order valence-electron chi connectivity index (χ3n) is 1.90. The molecule has 3 nitrogen and oxygen atoms in total. The highest BCUT2D eigenvalue weighted by Gasteiger charge is 2.00. The molecule has 0 fully saturated rings. The van der Waals surface area contributed by atoms with Crippen molar-refractivity contribution in [3.8, 4) is 0 Å². The Labute approximate surface area is 93.0 Å². The summed E-state index contributed by atoms with van der Waals surface area (Å²) in [5.74, 6) is -0.766. The van der Waals surface area contributed by atoms with Gasteiger partial charge in [0.2, 0.25) is 0 Å². The number of alkyl halides is 1. The maximum Gasteiger partial charge on any atom is 0.303 e. The molecular weight excluding hydrogens is 248 g/mol. The van der Waals surface area contributed by atoms with Crippen LogP contribution in [0, 0.1) is 0 Å². The second kappa shape index (κ2) is 8.00. The van der Waals surface area contributed by atoms with Gasteiger partial charge in [0.25, 0.3) is 0 Å². The van der Waals surface area contributed by atoms with Crippen molar-refractivity contribution < 1.29 is 15.0 Å². The topological polar surface area (TPSA) is 57.5 Å². The minimum atomic E-state index is -0.766. The first-order valence-electron chi connectivity index (χ1n) is 4.67. The summed E-state index contributed by atoms with van der Waals surface area (Å²) in [5.41, 5.74) is 1.08. The fourth-order valence-corrected chi connectivity index (χ4v) is 1.33. The molecule has 0 aromatic heterocycles. The first-order valence-corrected chi connectivity index (χ1v) is 5.80. The van der Waals surface area contributed by atoms with Gasteiger partial charge in [0.05, 0.1) is 6.10 Å². The molecule has 1 unspecified atom stereocenters. The Morgan fingerprint density at radius 2 is 2.14 bits per heavy atom. The maximum absolute atomic E-state index is 10.3. The molecule has 0 saturated heterocycles. The third kappa shape index (κ3) is 8.26. The van der Waals surface area contributed by atoms with Crippen LogP contribution in [0.1, 0.15) is 32.6 Å². The molecule has 2 N–H and O–H groups in total. The molecule has 0 aromatic carbocycles. The predicted octanol–water partition coefficient (Wildman–Crippen LogP) is 2.33. The van der Waals surface area contributed by atoms with Crippen molar-refractivity contribution in [3.63, 3.8) is 0 Å². The number of carboxylic acids is 1. The molecule has 4 heteroatoms. The highest BCUT2D eigenvalue weighted by Crippen LogP contribution is 2.08. The largest absolute Gasteiger partial charge is 0.481 e. The predicted molar refractivity (Wildman–Crippen MR) is 59.7 cm³/mol. The molecule has 0 saturated carbocycles. The number of aliphatic hydroxyl groups is 1. The Bertz CT molecular complexity index is 202. The van der Waals surface area contributed by atoms with E-state index in [0.29, 0.717) is 11.8 Å². The van der Waals surface area contributed by atoms with Gasteiger partial charge in [-0.05, 0) is 26.2 Å². The zero-order valence-corrected chi connectivity index (χ0v) is 9.96. The summed E-state index contributed by atoms with van der Waals surface area (Å²) >= 11 is 3.18. The molecule has 0 amide bonds. The van der Waals surface area contributed by atoms with E-state index in [9.17, 15) is 9.90 Å². The summed E-state index contributed by atoms with van der Waals surface area (Å²) in [6.07, 6.45) is 3.99. The van der Waals surface area contributed by atoms with Crippen molar-refractivity contribution in [2.45, 2.75) is 38.7 Å². The van der Waals surface area contributed by atoms with Gasteiger partial charge < -0.3 is 10.2 Å². The second-order valence-corrected chi connectivity index (χ2v) is 3.98. The van der Waals surface area contributed by atoms with Crippen molar-refractivity contribution in [1.82, 2.24) is 0 Å². The zero-order chi connectivity index (χ0) is 11.0. The van der Waals surface area contributed by atoms with Crippen LogP contribution in [0.15, 0.2) is 11.6 Å². The third-order valence-corrected chi connectivity index (χ3v) is 2.65. The van der Waals surface area contributed by atoms with Crippen molar-refractivity contribution in [1.29, 1.82) is 0 Å². The van der Waals surface area contributed by atoms with Gasteiger partial charge in [-0.3, -0.25) is 4.79 Å². The first kappa shape index (κ1) is 13.7. The smallest absolute Gasteiger partial charge is 0.303 e. The Balaban J connectivity index is 3.60. The zero-order valence-electron chi connectivity index (χ0n) is 8.37. The van der Waals surface area contributed by atoms with Crippen LogP contribution in [0.5, 0.6) is 0 Å². The number of allylic oxidation sites excluding steroid dienone is 2. The van der Waals surface area contributed by atoms with Gasteiger partial charge in [-0.15, -0.1) is 0 Å². The Morgan fingerprint density at radius 1 is 1.50 bits per heavy atom. The van der Waals surface area contributed by atoms with Gasteiger partial charge in [0.15, 0.2) is 0 Å². The molecule has 1 atom stereocenters. The van der Waals surface area contributed by atoms with E-state index in [4.69, 9.17) is 5.11 Å². The van der Waals surface area contributed by atoms with Crippen LogP contribution in [-0.2, 0) is 4.79 Å². The molecule has 0 radical (unpaired) electrons. The Hall–Kier alpha value is -0.350. The molecule has 0 heterocycles. The van der Waals surface area contributed by atoms with Crippen molar-refractivity contribution in [2.75, 3.05) is 5.33 Å². The lowest BCUT2D eigenvalue weighted by molar-refractivity contribution is -0.136. The van der Waals surface area contributed by atoms with Crippen LogP contribution in [0.4, 0.5) is 0 Å². The SMILES string of the molecule is C/C(=C\CCC(O)CBr)CCC(=O)O. The molecule has 14 heavy (non-hydrogen) atoms. The van der Waals surface area contributed by atoms with Gasteiger partial charge in [-0.2, -0.15) is 0 Å². The molecule has 0 aliphatic rings. The van der Waals surface area contributed by atoms with Crippen LogP contribution in [0.25, 0.3) is 0 Å². The summed E-state index contributed by atoms with van der Waals surface area (Å²) in [6.45, 7) is 1.92. The van der Waals surface area contributed by atoms with Crippen molar-refractivity contribution in [3.05, 3.63) is 11.6 Å². The van der Waals surface area contributed by atoms with Gasteiger partial charge in [-0.1, -0.05) is 27.6 Å². The number of aliphatic hydroxyl groups excluding tert-OH is 1. The normalized spacial score (nSPS) is 14.1. The lowest BCUT2D eigenvalue weighted by atomic mass is 10.1. The standard InChI is InChI=1S/C10H17BrO3/c1-8(5-6-10(13)14)3-2-4-9(12)7-11/h3,9,12H,2,4-7H2,1H3,(H,13,14)/b8-3+. The maximum atomic E-state index is 10.3. The fraction of sp³-hybridized carbons (Fsp3) is 0.700. The minimum Gasteiger partial charge on any atom is -0.481 e. The number of carbonyl (C=O) groups is 1. The second-order valence-electron chi connectivity index (χ2n) is 3.33. The van der Waals surface area contributed by atoms with Crippen LogP contribution in [0.3, 0.4) is 0 Å². The first-order chi connectivity index (χ1) is 6.56. The molecule has 0 bridgehead atoms. The van der Waals surface area contributed by atoms with E-state index in [0.717, 1.165) is 18.4 Å². The molecule has 0 aromatic rings. The Kier molecular flexibility index (Phi) is 7.80. The van der Waals surface area contributed by atoms with Crippen LogP contribution in [-0.4, -0.2) is 27.6 Å². The van der Waals surface area contributed by atoms with Gasteiger partial charge in [0, 0.05) is 11.8 Å². The molecule has 0 rings (SSSR count). The highest BCUT2D eigenvalue weighted by molar-refractivity contribution is 9.09. The number of aliphatic carboxylic acids is 1. The highest BCUT2D eigenvalue weighted by atomic mass is 79.9. The summed E-state index contributed by atoms with van der Waals surface area (Å²) < 4.78 is 0. The van der Waals surface area contributed by atoms with Crippen LogP contribution < -0.4 is 0 Å². The molecule has 0 aliphatic carbocycles. The van der Waals surface area contributed by atoms with Gasteiger partial charge in [0.1, 0.15) is 0 Å². The van der Waals surface area contributed by atoms with Gasteiger partial charge >= 0.3 is 5.97 Å². The average molecular weight is 265 g/mol. The number of halogens is 1. The van der Waals surface area contributed by atoms with E-state index < -0.39 is 5.97 Å². The quantitative estimate of drug-likeness (QED) is 0.548. The monoisotopic (exact) mass is 264 g/mol. The lowest BCUT2D eigenvalue weighted by Crippen LogP contribution is -2.06. The molecular formula is C10H17BrO3. The van der Waals surface area contributed by atoms with Crippen LogP contribution >= 0.6 is 15.9 Å². The molecule has 0 spiro atoms. The minimum absolute atomic E-state index is 0.184. The summed E-state index contributed by atoms with van der Waals surface area (Å²) in [4.78, 5) is 10.3. The molecule has 82 valence electrons. The van der Waals surface area contributed by atoms with E-state index in [1.165, 1.54) is 0 Å². The van der Waals surface area contributed by atoms with E-state index in [-0.39, 0.29) is 12.5 Å². The van der Waals surface area contributed by atoms with Crippen molar-refractivity contribution in [2.24, 2.45) is 0 Å².